The zero-order valence-corrected chi connectivity index (χ0v) is 11.1. The summed E-state index contributed by atoms with van der Waals surface area (Å²) in [5.41, 5.74) is -1.34. The molecule has 0 aliphatic carbocycles. The molecule has 23 heavy (non-hydrogen) atoms. The van der Waals surface area contributed by atoms with Gasteiger partial charge in [-0.15, -0.1) is 4.68 Å². The molecule has 0 radical (unpaired) electrons. The van der Waals surface area contributed by atoms with E-state index in [2.05, 4.69) is 15.1 Å². The van der Waals surface area contributed by atoms with Crippen LogP contribution in [-0.4, -0.2) is 24.7 Å². The summed E-state index contributed by atoms with van der Waals surface area (Å²) >= 11 is 0. The molecule has 0 saturated heterocycles. The number of nitro groups is 1. The van der Waals surface area contributed by atoms with Crippen LogP contribution in [0.3, 0.4) is 0 Å². The van der Waals surface area contributed by atoms with Crippen molar-refractivity contribution in [2.45, 2.75) is 6.18 Å². The maximum atomic E-state index is 13.0. The number of hydrogen-bond donors (Lipinski definition) is 0. The zero-order chi connectivity index (χ0) is 16.6. The SMILES string of the molecule is O=[N+]([O-])c1ccn(-c2nc(-c3ccco3)cc(C(F)(F)F)n2)n1. The van der Waals surface area contributed by atoms with Crippen molar-refractivity contribution in [2.75, 3.05) is 0 Å². The first-order valence-electron chi connectivity index (χ1n) is 6.05. The highest BCUT2D eigenvalue weighted by molar-refractivity contribution is 5.53. The minimum absolute atomic E-state index is 0.0980. The van der Waals surface area contributed by atoms with Crippen molar-refractivity contribution in [1.29, 1.82) is 0 Å². The molecule has 3 heterocycles. The van der Waals surface area contributed by atoms with Gasteiger partial charge in [-0.1, -0.05) is 0 Å². The summed E-state index contributed by atoms with van der Waals surface area (Å²) < 4.78 is 44.8. The van der Waals surface area contributed by atoms with E-state index in [4.69, 9.17) is 4.42 Å². The van der Waals surface area contributed by atoms with Gasteiger partial charge in [-0.2, -0.15) is 13.2 Å². The van der Waals surface area contributed by atoms with Crippen molar-refractivity contribution < 1.29 is 22.5 Å². The lowest BCUT2D eigenvalue weighted by Crippen LogP contribution is -2.13. The molecule has 0 N–H and O–H groups in total. The van der Waals surface area contributed by atoms with E-state index in [0.717, 1.165) is 23.0 Å². The molecule has 0 atom stereocenters. The number of furan rings is 1. The second-order valence-corrected chi connectivity index (χ2v) is 4.29. The van der Waals surface area contributed by atoms with Crippen LogP contribution in [-0.2, 0) is 6.18 Å². The normalized spacial score (nSPS) is 11.6. The van der Waals surface area contributed by atoms with Gasteiger partial charge in [0, 0.05) is 0 Å². The maximum Gasteiger partial charge on any atom is 0.433 e. The van der Waals surface area contributed by atoms with E-state index in [9.17, 15) is 23.3 Å². The van der Waals surface area contributed by atoms with Gasteiger partial charge in [0.2, 0.25) is 0 Å². The topological polar surface area (TPSA) is 99.9 Å². The van der Waals surface area contributed by atoms with Crippen LogP contribution in [0.4, 0.5) is 19.0 Å². The minimum Gasteiger partial charge on any atom is -0.463 e. The van der Waals surface area contributed by atoms with E-state index in [-0.39, 0.29) is 11.5 Å². The highest BCUT2D eigenvalue weighted by atomic mass is 19.4. The summed E-state index contributed by atoms with van der Waals surface area (Å²) in [6, 6.07) is 4.66. The lowest BCUT2D eigenvalue weighted by atomic mass is 10.2. The van der Waals surface area contributed by atoms with Crippen LogP contribution in [0.25, 0.3) is 17.4 Å². The van der Waals surface area contributed by atoms with Crippen molar-refractivity contribution in [3.63, 3.8) is 0 Å². The standard InChI is InChI=1S/C12H6F3N5O3/c13-12(14,15)9-6-7(8-2-1-5-23-8)16-11(17-9)19-4-3-10(18-19)20(21)22/h1-6H. The molecule has 11 heteroatoms. The van der Waals surface area contributed by atoms with Crippen molar-refractivity contribution in [1.82, 2.24) is 19.7 Å². The van der Waals surface area contributed by atoms with Gasteiger partial charge in [0.15, 0.2) is 11.5 Å². The number of aromatic nitrogens is 4. The molecule has 0 saturated carbocycles. The first-order chi connectivity index (χ1) is 10.8. The van der Waals surface area contributed by atoms with E-state index >= 15 is 0 Å². The highest BCUT2D eigenvalue weighted by Crippen LogP contribution is 2.31. The van der Waals surface area contributed by atoms with E-state index in [0.29, 0.717) is 0 Å². The van der Waals surface area contributed by atoms with Gasteiger partial charge in [-0.3, -0.25) is 0 Å². The Kier molecular flexibility index (Phi) is 3.32. The molecule has 3 aromatic heterocycles. The fraction of sp³-hybridized carbons (Fsp3) is 0.0833. The Bertz CT molecular complexity index is 857. The molecule has 0 fully saturated rings. The van der Waals surface area contributed by atoms with Gasteiger partial charge >= 0.3 is 12.0 Å². The Morgan fingerprint density at radius 1 is 1.26 bits per heavy atom. The van der Waals surface area contributed by atoms with Crippen LogP contribution in [0, 0.1) is 10.1 Å². The molecule has 0 amide bonds. The molecular weight excluding hydrogens is 319 g/mol. The molecule has 0 aliphatic rings. The number of nitrogens with zero attached hydrogens (tertiary/aromatic N) is 5. The minimum atomic E-state index is -4.72. The predicted molar refractivity (Wildman–Crippen MR) is 68.5 cm³/mol. The van der Waals surface area contributed by atoms with E-state index in [1.165, 1.54) is 18.4 Å². The summed E-state index contributed by atoms with van der Waals surface area (Å²) in [6.45, 7) is 0. The third-order valence-corrected chi connectivity index (χ3v) is 2.75. The van der Waals surface area contributed by atoms with Crippen LogP contribution in [0.15, 0.2) is 41.1 Å². The van der Waals surface area contributed by atoms with Gasteiger partial charge in [0.25, 0.3) is 5.95 Å². The van der Waals surface area contributed by atoms with E-state index < -0.39 is 28.6 Å². The molecule has 3 aromatic rings. The van der Waals surface area contributed by atoms with Gasteiger partial charge < -0.3 is 14.5 Å². The second kappa shape index (κ2) is 5.19. The molecule has 118 valence electrons. The Morgan fingerprint density at radius 2 is 2.04 bits per heavy atom. The van der Waals surface area contributed by atoms with Crippen molar-refractivity contribution in [3.05, 3.63) is 52.5 Å². The molecule has 0 aliphatic heterocycles. The van der Waals surface area contributed by atoms with Crippen LogP contribution >= 0.6 is 0 Å². The van der Waals surface area contributed by atoms with Gasteiger partial charge in [0.05, 0.1) is 23.6 Å². The summed E-state index contributed by atoms with van der Waals surface area (Å²) in [5, 5.41) is 14.1. The quantitative estimate of drug-likeness (QED) is 0.542. The van der Waals surface area contributed by atoms with Gasteiger partial charge in [-0.25, -0.2) is 9.97 Å². The van der Waals surface area contributed by atoms with E-state index in [1.807, 2.05) is 0 Å². The molecular formula is C12H6F3N5O3. The van der Waals surface area contributed by atoms with Gasteiger partial charge in [-0.05, 0) is 23.1 Å². The largest absolute Gasteiger partial charge is 0.463 e. The summed E-state index contributed by atoms with van der Waals surface area (Å²) in [5.74, 6) is -0.898. The monoisotopic (exact) mass is 325 g/mol. The number of halogens is 3. The number of hydrogen-bond acceptors (Lipinski definition) is 6. The fourth-order valence-corrected chi connectivity index (χ4v) is 1.76. The fourth-order valence-electron chi connectivity index (χ4n) is 1.76. The Labute approximate surface area is 125 Å². The Morgan fingerprint density at radius 3 is 2.61 bits per heavy atom. The van der Waals surface area contributed by atoms with E-state index in [1.54, 1.807) is 0 Å². The van der Waals surface area contributed by atoms with Crippen LogP contribution in [0.2, 0.25) is 0 Å². The second-order valence-electron chi connectivity index (χ2n) is 4.29. The summed E-state index contributed by atoms with van der Waals surface area (Å²) in [6.07, 6.45) is -2.35. The molecule has 0 spiro atoms. The lowest BCUT2D eigenvalue weighted by Gasteiger charge is -2.08. The predicted octanol–water partition coefficient (Wildman–Crippen LogP) is 2.85. The molecule has 0 aromatic carbocycles. The average Bonchev–Trinajstić information content (AvgIpc) is 3.17. The smallest absolute Gasteiger partial charge is 0.433 e. The third kappa shape index (κ3) is 2.88. The van der Waals surface area contributed by atoms with Crippen molar-refractivity contribution in [2.24, 2.45) is 0 Å². The van der Waals surface area contributed by atoms with Crippen LogP contribution in [0.1, 0.15) is 5.69 Å². The summed E-state index contributed by atoms with van der Waals surface area (Å²) in [7, 11) is 0. The highest BCUT2D eigenvalue weighted by Gasteiger charge is 2.34. The van der Waals surface area contributed by atoms with Crippen LogP contribution in [0.5, 0.6) is 0 Å². The molecule has 3 rings (SSSR count). The lowest BCUT2D eigenvalue weighted by molar-refractivity contribution is -0.389. The number of rotatable bonds is 3. The van der Waals surface area contributed by atoms with Gasteiger partial charge in [0.1, 0.15) is 5.69 Å². The van der Waals surface area contributed by atoms with Crippen LogP contribution < -0.4 is 0 Å². The maximum absolute atomic E-state index is 13.0. The molecule has 0 unspecified atom stereocenters. The first kappa shape index (κ1) is 14.7. The Hall–Kier alpha value is -3.24. The number of alkyl halides is 3. The Balaban J connectivity index is 2.15. The molecule has 8 nitrogen and oxygen atoms in total. The average molecular weight is 325 g/mol. The first-order valence-corrected chi connectivity index (χ1v) is 6.05. The third-order valence-electron chi connectivity index (χ3n) is 2.75. The van der Waals surface area contributed by atoms with Crippen molar-refractivity contribution in [3.8, 4) is 17.4 Å². The van der Waals surface area contributed by atoms with Crippen molar-refractivity contribution >= 4 is 5.82 Å². The summed E-state index contributed by atoms with van der Waals surface area (Å²) in [4.78, 5) is 17.1. The zero-order valence-electron chi connectivity index (χ0n) is 11.1. The molecule has 0 bridgehead atoms.